The van der Waals surface area contributed by atoms with Crippen molar-refractivity contribution in [3.05, 3.63) is 42.1 Å². The summed E-state index contributed by atoms with van der Waals surface area (Å²) in [4.78, 5) is 7.09. The van der Waals surface area contributed by atoms with Gasteiger partial charge in [-0.3, -0.25) is 9.88 Å². The summed E-state index contributed by atoms with van der Waals surface area (Å²) < 4.78 is 0. The topological polar surface area (TPSA) is 16.1 Å². The molecule has 0 N–H and O–H groups in total. The van der Waals surface area contributed by atoms with Gasteiger partial charge in [-0.25, -0.2) is 0 Å². The van der Waals surface area contributed by atoms with Gasteiger partial charge in [0.15, 0.2) is 0 Å². The van der Waals surface area contributed by atoms with Crippen LogP contribution in [0.4, 0.5) is 0 Å². The van der Waals surface area contributed by atoms with Crippen LogP contribution in [-0.4, -0.2) is 23.0 Å². The van der Waals surface area contributed by atoms with Gasteiger partial charge in [-0.1, -0.05) is 32.4 Å². The number of fused-ring (bicyclic) bond motifs is 1. The summed E-state index contributed by atoms with van der Waals surface area (Å²) in [6.07, 6.45) is 5.86. The fourth-order valence-corrected chi connectivity index (χ4v) is 3.36. The molecule has 2 aromatic rings. The van der Waals surface area contributed by atoms with Crippen LogP contribution >= 0.6 is 0 Å². The van der Waals surface area contributed by atoms with E-state index in [1.165, 1.54) is 43.3 Å². The second kappa shape index (κ2) is 5.92. The lowest BCUT2D eigenvalue weighted by Gasteiger charge is -2.37. The Morgan fingerprint density at radius 2 is 2.15 bits per heavy atom. The molecule has 0 radical (unpaired) electrons. The molecule has 0 saturated carbocycles. The van der Waals surface area contributed by atoms with Gasteiger partial charge in [0.2, 0.25) is 0 Å². The maximum absolute atomic E-state index is 4.42. The van der Waals surface area contributed by atoms with E-state index in [0.717, 1.165) is 11.4 Å². The molecule has 1 atom stereocenters. The van der Waals surface area contributed by atoms with Crippen molar-refractivity contribution in [2.75, 3.05) is 13.1 Å². The van der Waals surface area contributed by atoms with Crippen LogP contribution in [0, 0.1) is 5.92 Å². The minimum atomic E-state index is 0.593. The molecule has 20 heavy (non-hydrogen) atoms. The molecule has 0 amide bonds. The van der Waals surface area contributed by atoms with Crippen molar-refractivity contribution in [2.24, 2.45) is 5.92 Å². The normalized spacial score (nSPS) is 20.6. The highest BCUT2D eigenvalue weighted by molar-refractivity contribution is 5.79. The monoisotopic (exact) mass is 268 g/mol. The van der Waals surface area contributed by atoms with Gasteiger partial charge in [0.25, 0.3) is 0 Å². The fourth-order valence-electron chi connectivity index (χ4n) is 3.36. The molecule has 1 aromatic heterocycles. The molecular formula is C18H24N2. The van der Waals surface area contributed by atoms with Crippen molar-refractivity contribution < 1.29 is 0 Å². The van der Waals surface area contributed by atoms with Crippen molar-refractivity contribution >= 4 is 10.9 Å². The summed E-state index contributed by atoms with van der Waals surface area (Å²) in [5, 5.41) is 1.26. The molecule has 1 aromatic carbocycles. The highest BCUT2D eigenvalue weighted by Crippen LogP contribution is 2.32. The summed E-state index contributed by atoms with van der Waals surface area (Å²) in [6, 6.07) is 11.6. The Labute approximate surface area is 121 Å². The summed E-state index contributed by atoms with van der Waals surface area (Å²) >= 11 is 0. The maximum atomic E-state index is 4.42. The average Bonchev–Trinajstić information content (AvgIpc) is 2.47. The van der Waals surface area contributed by atoms with E-state index < -0.39 is 0 Å². The van der Waals surface area contributed by atoms with Gasteiger partial charge in [0.1, 0.15) is 0 Å². The van der Waals surface area contributed by atoms with Gasteiger partial charge >= 0.3 is 0 Å². The molecule has 1 aliphatic rings. The van der Waals surface area contributed by atoms with Crippen molar-refractivity contribution in [3.63, 3.8) is 0 Å². The number of hydrogen-bond acceptors (Lipinski definition) is 2. The largest absolute Gasteiger partial charge is 0.296 e. The summed E-state index contributed by atoms with van der Waals surface area (Å²) in [5.41, 5.74) is 2.56. The minimum absolute atomic E-state index is 0.593. The lowest BCUT2D eigenvalue weighted by atomic mass is 9.93. The van der Waals surface area contributed by atoms with E-state index in [1.807, 2.05) is 12.3 Å². The molecular weight excluding hydrogens is 244 g/mol. The zero-order chi connectivity index (χ0) is 13.9. The third-order valence-electron chi connectivity index (χ3n) is 4.23. The molecule has 106 valence electrons. The molecule has 0 aliphatic carbocycles. The summed E-state index contributed by atoms with van der Waals surface area (Å²) in [7, 11) is 0. The van der Waals surface area contributed by atoms with Gasteiger partial charge < -0.3 is 0 Å². The van der Waals surface area contributed by atoms with Crippen LogP contribution in [0.1, 0.15) is 44.7 Å². The van der Waals surface area contributed by atoms with Crippen LogP contribution in [0.15, 0.2) is 36.5 Å². The third-order valence-corrected chi connectivity index (χ3v) is 4.23. The molecule has 0 bridgehead atoms. The van der Waals surface area contributed by atoms with Crippen molar-refractivity contribution in [3.8, 4) is 0 Å². The number of nitrogens with zero attached hydrogens (tertiary/aromatic N) is 2. The quantitative estimate of drug-likeness (QED) is 0.819. The van der Waals surface area contributed by atoms with Gasteiger partial charge in [0, 0.05) is 24.2 Å². The first-order valence-electron chi connectivity index (χ1n) is 7.83. The highest BCUT2D eigenvalue weighted by atomic mass is 15.2. The molecule has 0 unspecified atom stereocenters. The van der Waals surface area contributed by atoms with Crippen LogP contribution in [-0.2, 0) is 0 Å². The Morgan fingerprint density at radius 3 is 3.00 bits per heavy atom. The maximum Gasteiger partial charge on any atom is 0.0702 e. The van der Waals surface area contributed by atoms with Crippen LogP contribution in [0.5, 0.6) is 0 Å². The SMILES string of the molecule is CC(C)CN1CCCC[C@H]1c1ccc2ncccc2c1. The predicted molar refractivity (Wildman–Crippen MR) is 84.7 cm³/mol. The predicted octanol–water partition coefficient (Wildman–Crippen LogP) is 4.42. The fraction of sp³-hybridized carbons (Fsp3) is 0.500. The van der Waals surface area contributed by atoms with Gasteiger partial charge in [-0.05, 0) is 49.1 Å². The number of piperidine rings is 1. The number of aromatic nitrogens is 1. The van der Waals surface area contributed by atoms with Gasteiger partial charge in [-0.15, -0.1) is 0 Å². The third kappa shape index (κ3) is 2.85. The standard InChI is InChI=1S/C18H24N2/c1-14(2)13-20-11-4-3-7-18(20)16-8-9-17-15(12-16)6-5-10-19-17/h5-6,8-10,12,14,18H,3-4,7,11,13H2,1-2H3/t18-/m0/s1. The average molecular weight is 268 g/mol. The molecule has 1 aliphatic heterocycles. The number of rotatable bonds is 3. The highest BCUT2D eigenvalue weighted by Gasteiger charge is 2.24. The van der Waals surface area contributed by atoms with Crippen LogP contribution in [0.2, 0.25) is 0 Å². The number of likely N-dealkylation sites (tertiary alicyclic amines) is 1. The summed E-state index contributed by atoms with van der Waals surface area (Å²) in [6.45, 7) is 7.08. The van der Waals surface area contributed by atoms with E-state index >= 15 is 0 Å². The molecule has 1 saturated heterocycles. The van der Waals surface area contributed by atoms with E-state index in [9.17, 15) is 0 Å². The van der Waals surface area contributed by atoms with Gasteiger partial charge in [-0.2, -0.15) is 0 Å². The number of pyridine rings is 1. The van der Waals surface area contributed by atoms with Crippen molar-refractivity contribution in [2.45, 2.75) is 39.2 Å². The van der Waals surface area contributed by atoms with Crippen LogP contribution < -0.4 is 0 Å². The lowest BCUT2D eigenvalue weighted by molar-refractivity contribution is 0.132. The Kier molecular flexibility index (Phi) is 4.02. The minimum Gasteiger partial charge on any atom is -0.296 e. The Balaban J connectivity index is 1.90. The first-order chi connectivity index (χ1) is 9.74. The summed E-state index contributed by atoms with van der Waals surface area (Å²) in [5.74, 6) is 0.734. The Bertz CT molecular complexity index is 576. The Hall–Kier alpha value is -1.41. The molecule has 2 nitrogen and oxygen atoms in total. The zero-order valence-electron chi connectivity index (χ0n) is 12.5. The first kappa shape index (κ1) is 13.6. The molecule has 0 spiro atoms. The van der Waals surface area contributed by atoms with Gasteiger partial charge in [0.05, 0.1) is 5.52 Å². The molecule has 1 fully saturated rings. The van der Waals surface area contributed by atoms with Crippen LogP contribution in [0.3, 0.4) is 0 Å². The van der Waals surface area contributed by atoms with E-state index in [-0.39, 0.29) is 0 Å². The smallest absolute Gasteiger partial charge is 0.0702 e. The van der Waals surface area contributed by atoms with E-state index in [1.54, 1.807) is 0 Å². The second-order valence-electron chi connectivity index (χ2n) is 6.36. The van der Waals surface area contributed by atoms with Crippen LogP contribution in [0.25, 0.3) is 10.9 Å². The zero-order valence-corrected chi connectivity index (χ0v) is 12.5. The Morgan fingerprint density at radius 1 is 1.25 bits per heavy atom. The molecule has 2 heteroatoms. The van der Waals surface area contributed by atoms with Crippen molar-refractivity contribution in [1.82, 2.24) is 9.88 Å². The first-order valence-corrected chi connectivity index (χ1v) is 7.83. The number of benzene rings is 1. The molecule has 3 rings (SSSR count). The van der Waals surface area contributed by atoms with E-state index in [2.05, 4.69) is 48.0 Å². The second-order valence-corrected chi connectivity index (χ2v) is 6.36. The lowest BCUT2D eigenvalue weighted by Crippen LogP contribution is -2.36. The van der Waals surface area contributed by atoms with Crippen molar-refractivity contribution in [1.29, 1.82) is 0 Å². The number of hydrogen-bond donors (Lipinski definition) is 0. The molecule has 2 heterocycles. The van der Waals surface area contributed by atoms with E-state index in [4.69, 9.17) is 0 Å². The van der Waals surface area contributed by atoms with E-state index in [0.29, 0.717) is 6.04 Å².